The van der Waals surface area contributed by atoms with Crippen LogP contribution in [-0.4, -0.2) is 5.97 Å². The van der Waals surface area contributed by atoms with Crippen molar-refractivity contribution < 1.29 is 39.5 Å². The maximum absolute atomic E-state index is 10.2. The van der Waals surface area contributed by atoms with Crippen LogP contribution in [0.3, 0.4) is 0 Å². The first kappa shape index (κ1) is 25.5. The van der Waals surface area contributed by atoms with E-state index in [1.165, 1.54) is 89.9 Å². The molecule has 0 bridgehead atoms. The van der Waals surface area contributed by atoms with Crippen molar-refractivity contribution in [2.75, 3.05) is 0 Å². The van der Waals surface area contributed by atoms with Gasteiger partial charge in [0.25, 0.3) is 0 Å². The normalized spacial score (nSPS) is 10.8. The molecule has 2 nitrogen and oxygen atoms in total. The Hall–Kier alpha value is 0.210. The third kappa shape index (κ3) is 24.6. The first-order valence-corrected chi connectivity index (χ1v) is 9.65. The van der Waals surface area contributed by atoms with Gasteiger partial charge in [0.1, 0.15) is 0 Å². The Kier molecular flexibility index (Phi) is 24.6. The summed E-state index contributed by atoms with van der Waals surface area (Å²) >= 11 is 0. The van der Waals surface area contributed by atoms with Crippen molar-refractivity contribution in [3.05, 3.63) is 12.2 Å². The molecule has 0 N–H and O–H groups in total. The average molecular weight is 333 g/mol. The van der Waals surface area contributed by atoms with Gasteiger partial charge in [0.2, 0.25) is 0 Å². The predicted octanol–water partition coefficient (Wildman–Crippen LogP) is 2.56. The Morgan fingerprint density at radius 2 is 1.04 bits per heavy atom. The molecular formula is C20H37NaO2. The molecule has 0 aliphatic heterocycles. The van der Waals surface area contributed by atoms with Crippen molar-refractivity contribution >= 4 is 5.97 Å². The van der Waals surface area contributed by atoms with Crippen LogP contribution in [0.15, 0.2) is 12.2 Å². The molecule has 0 aliphatic rings. The summed E-state index contributed by atoms with van der Waals surface area (Å²) < 4.78 is 0. The number of unbranched alkanes of at least 4 members (excludes halogenated alkanes) is 15. The van der Waals surface area contributed by atoms with Gasteiger partial charge < -0.3 is 9.90 Å². The minimum absolute atomic E-state index is 0. The second-order valence-electron chi connectivity index (χ2n) is 6.46. The maximum atomic E-state index is 10.2. The summed E-state index contributed by atoms with van der Waals surface area (Å²) in [5.41, 5.74) is 0. The third-order valence-electron chi connectivity index (χ3n) is 4.23. The summed E-state index contributed by atoms with van der Waals surface area (Å²) in [4.78, 5) is 10.2. The quantitative estimate of drug-likeness (QED) is 0.233. The van der Waals surface area contributed by atoms with Crippen molar-refractivity contribution in [1.82, 2.24) is 0 Å². The molecule has 0 atom stereocenters. The summed E-state index contributed by atoms with van der Waals surface area (Å²) in [5, 5.41) is 10.2. The van der Waals surface area contributed by atoms with Crippen LogP contribution >= 0.6 is 0 Å². The fraction of sp³-hybridized carbons (Fsp3) is 0.850. The molecule has 0 aromatic rings. The number of rotatable bonds is 17. The Labute approximate surface area is 166 Å². The van der Waals surface area contributed by atoms with Crippen molar-refractivity contribution in [3.8, 4) is 0 Å². The van der Waals surface area contributed by atoms with E-state index in [1.807, 2.05) is 0 Å². The van der Waals surface area contributed by atoms with Crippen molar-refractivity contribution in [2.24, 2.45) is 0 Å². The summed E-state index contributed by atoms with van der Waals surface area (Å²) in [6, 6.07) is 0. The van der Waals surface area contributed by atoms with E-state index in [4.69, 9.17) is 0 Å². The fourth-order valence-corrected chi connectivity index (χ4v) is 2.81. The minimum atomic E-state index is -1.08. The van der Waals surface area contributed by atoms with Crippen LogP contribution in [0.2, 0.25) is 0 Å². The summed E-state index contributed by atoms with van der Waals surface area (Å²) in [6.45, 7) is 2.27. The number of hydrogen-bond acceptors (Lipinski definition) is 2. The number of carboxylic acid groups (broad SMARTS) is 1. The summed E-state index contributed by atoms with van der Waals surface area (Å²) in [7, 11) is 0. The van der Waals surface area contributed by atoms with E-state index >= 15 is 0 Å². The van der Waals surface area contributed by atoms with Crippen molar-refractivity contribution in [2.45, 2.75) is 110 Å². The molecule has 3 heteroatoms. The molecule has 0 fully saturated rings. The molecule has 130 valence electrons. The molecule has 0 spiro atoms. The number of carbonyl (C=O) groups is 1. The Bertz CT molecular complexity index is 264. The Balaban J connectivity index is 0. The summed E-state index contributed by atoms with van der Waals surface area (Å²) in [6.07, 6.45) is 24.2. The van der Waals surface area contributed by atoms with Crippen molar-refractivity contribution in [1.29, 1.82) is 0 Å². The van der Waals surface area contributed by atoms with E-state index in [-0.39, 0.29) is 29.6 Å². The first-order valence-electron chi connectivity index (χ1n) is 9.65. The van der Waals surface area contributed by atoms with Crippen LogP contribution in [0.4, 0.5) is 0 Å². The van der Waals surface area contributed by atoms with E-state index in [9.17, 15) is 9.90 Å². The predicted molar refractivity (Wildman–Crippen MR) is 93.7 cm³/mol. The SMILES string of the molecule is CCCCCCCCCCCCCCCCCC=CC(=O)[O-].[Na+]. The molecule has 0 aliphatic carbocycles. The molecule has 23 heavy (non-hydrogen) atoms. The van der Waals surface area contributed by atoms with Crippen molar-refractivity contribution in [3.63, 3.8) is 0 Å². The molecule has 0 rings (SSSR count). The van der Waals surface area contributed by atoms with Gasteiger partial charge in [0.15, 0.2) is 0 Å². The van der Waals surface area contributed by atoms with Gasteiger partial charge in [-0.05, 0) is 18.9 Å². The maximum Gasteiger partial charge on any atom is 1.00 e. The van der Waals surface area contributed by atoms with Gasteiger partial charge in [-0.15, -0.1) is 0 Å². The Morgan fingerprint density at radius 1 is 0.696 bits per heavy atom. The molecule has 0 unspecified atom stereocenters. The zero-order valence-corrected chi connectivity index (χ0v) is 17.8. The Morgan fingerprint density at radius 3 is 1.39 bits per heavy atom. The molecule has 0 amide bonds. The monoisotopic (exact) mass is 332 g/mol. The number of carbonyl (C=O) groups excluding carboxylic acids is 1. The fourth-order valence-electron chi connectivity index (χ4n) is 2.81. The van der Waals surface area contributed by atoms with Crippen LogP contribution in [0, 0.1) is 0 Å². The molecular weight excluding hydrogens is 295 g/mol. The van der Waals surface area contributed by atoms with Gasteiger partial charge in [-0.25, -0.2) is 0 Å². The van der Waals surface area contributed by atoms with Crippen LogP contribution in [0.1, 0.15) is 110 Å². The van der Waals surface area contributed by atoms with E-state index in [1.54, 1.807) is 6.08 Å². The second-order valence-corrected chi connectivity index (χ2v) is 6.46. The van der Waals surface area contributed by atoms with Gasteiger partial charge in [-0.3, -0.25) is 0 Å². The van der Waals surface area contributed by atoms with Gasteiger partial charge in [0, 0.05) is 0 Å². The smallest absolute Gasteiger partial charge is 0.545 e. The van der Waals surface area contributed by atoms with Crippen LogP contribution in [0.25, 0.3) is 0 Å². The van der Waals surface area contributed by atoms with Crippen LogP contribution in [-0.2, 0) is 4.79 Å². The summed E-state index contributed by atoms with van der Waals surface area (Å²) in [5.74, 6) is -1.08. The molecule has 0 aromatic carbocycles. The first-order chi connectivity index (χ1) is 10.8. The molecule has 0 radical (unpaired) electrons. The minimum Gasteiger partial charge on any atom is -0.545 e. The van der Waals surface area contributed by atoms with E-state index < -0.39 is 5.97 Å². The van der Waals surface area contributed by atoms with E-state index in [2.05, 4.69) is 6.92 Å². The molecule has 0 aromatic heterocycles. The third-order valence-corrected chi connectivity index (χ3v) is 4.23. The van der Waals surface area contributed by atoms with E-state index in [0.717, 1.165) is 18.9 Å². The molecule has 0 saturated carbocycles. The standard InChI is InChI=1S/C20H38O2.Na/c1-2-3-4-5-6-7-8-9-10-11-12-13-14-15-16-17-18-19-20(21)22;/h18-19H,2-17H2,1H3,(H,21,22);/q;+1/p-1. The topological polar surface area (TPSA) is 40.1 Å². The van der Waals surface area contributed by atoms with Crippen LogP contribution < -0.4 is 34.7 Å². The number of hydrogen-bond donors (Lipinski definition) is 0. The molecule has 0 heterocycles. The zero-order chi connectivity index (χ0) is 16.3. The second kappa shape index (κ2) is 22.2. The van der Waals surface area contributed by atoms with Gasteiger partial charge >= 0.3 is 29.6 Å². The number of allylic oxidation sites excluding steroid dienone is 1. The molecule has 0 saturated heterocycles. The zero-order valence-electron chi connectivity index (χ0n) is 15.8. The van der Waals surface area contributed by atoms with E-state index in [0.29, 0.717) is 0 Å². The average Bonchev–Trinajstić information content (AvgIpc) is 2.50. The number of carboxylic acids is 1. The van der Waals surface area contributed by atoms with Crippen LogP contribution in [0.5, 0.6) is 0 Å². The van der Waals surface area contributed by atoms with Gasteiger partial charge in [0.05, 0.1) is 5.97 Å². The number of aliphatic carboxylic acids is 1. The van der Waals surface area contributed by atoms with Gasteiger partial charge in [-0.2, -0.15) is 0 Å². The van der Waals surface area contributed by atoms with Gasteiger partial charge in [-0.1, -0.05) is 103 Å². The largest absolute Gasteiger partial charge is 1.00 e.